The van der Waals surface area contributed by atoms with E-state index in [9.17, 15) is 14.9 Å². The molecule has 0 aliphatic carbocycles. The highest BCUT2D eigenvalue weighted by molar-refractivity contribution is 6.35. The van der Waals surface area contributed by atoms with Crippen LogP contribution in [0.3, 0.4) is 0 Å². The summed E-state index contributed by atoms with van der Waals surface area (Å²) in [6, 6.07) is 12.1. The van der Waals surface area contributed by atoms with E-state index in [4.69, 9.17) is 21.1 Å². The summed E-state index contributed by atoms with van der Waals surface area (Å²) in [7, 11) is 1.41. The van der Waals surface area contributed by atoms with Gasteiger partial charge in [0, 0.05) is 12.6 Å². The molecule has 4 rings (SSSR count). The fourth-order valence-corrected chi connectivity index (χ4v) is 5.41. The SMILES string of the molecule is C=C1N[C@](C)(c2cccc(NC(=O)c3cccc(C#N)c3OC)c2Cl)CC(=O)N1[C@@H]1CCO[C@H](C)C1. The molecule has 0 unspecified atom stereocenters. The van der Waals surface area contributed by atoms with Crippen molar-refractivity contribution in [3.05, 3.63) is 70.5 Å². The van der Waals surface area contributed by atoms with Gasteiger partial charge in [0.15, 0.2) is 0 Å². The van der Waals surface area contributed by atoms with Gasteiger partial charge in [0.25, 0.3) is 5.91 Å². The lowest BCUT2D eigenvalue weighted by atomic mass is 9.85. The minimum Gasteiger partial charge on any atom is -0.495 e. The molecule has 36 heavy (non-hydrogen) atoms. The van der Waals surface area contributed by atoms with Crippen LogP contribution in [0.4, 0.5) is 5.69 Å². The Labute approximate surface area is 215 Å². The highest BCUT2D eigenvalue weighted by atomic mass is 35.5. The van der Waals surface area contributed by atoms with Gasteiger partial charge in [-0.3, -0.25) is 14.5 Å². The van der Waals surface area contributed by atoms with Crippen molar-refractivity contribution < 1.29 is 19.1 Å². The normalized spacial score (nSPS) is 24.0. The number of halogens is 1. The molecule has 0 spiro atoms. The molecule has 8 nitrogen and oxygen atoms in total. The summed E-state index contributed by atoms with van der Waals surface area (Å²) < 4.78 is 10.9. The number of hydrogen-bond acceptors (Lipinski definition) is 6. The number of nitrogens with zero attached hydrogens (tertiary/aromatic N) is 2. The molecular weight excluding hydrogens is 480 g/mol. The van der Waals surface area contributed by atoms with Gasteiger partial charge in [0.1, 0.15) is 17.6 Å². The molecule has 2 aliphatic heterocycles. The number of para-hydroxylation sites is 1. The maximum atomic E-state index is 13.3. The molecule has 2 N–H and O–H groups in total. The van der Waals surface area contributed by atoms with Gasteiger partial charge >= 0.3 is 0 Å². The van der Waals surface area contributed by atoms with Crippen LogP contribution in [-0.2, 0) is 15.1 Å². The smallest absolute Gasteiger partial charge is 0.259 e. The zero-order valence-corrected chi connectivity index (χ0v) is 21.3. The molecule has 2 amide bonds. The quantitative estimate of drug-likeness (QED) is 0.614. The molecule has 2 aromatic rings. The van der Waals surface area contributed by atoms with Crippen LogP contribution in [-0.4, -0.2) is 42.6 Å². The van der Waals surface area contributed by atoms with E-state index >= 15 is 0 Å². The molecular formula is C27H29ClN4O4. The summed E-state index contributed by atoms with van der Waals surface area (Å²) in [5, 5.41) is 15.9. The summed E-state index contributed by atoms with van der Waals surface area (Å²) in [6.45, 7) is 8.65. The number of nitriles is 1. The number of ether oxygens (including phenoxy) is 2. The van der Waals surface area contributed by atoms with Crippen molar-refractivity contribution in [2.45, 2.75) is 50.8 Å². The third-order valence-corrected chi connectivity index (χ3v) is 7.14. The molecule has 0 radical (unpaired) electrons. The van der Waals surface area contributed by atoms with Crippen LogP contribution in [0.15, 0.2) is 48.8 Å². The molecule has 2 aliphatic rings. The number of rotatable bonds is 5. The molecule has 0 saturated carbocycles. The molecule has 2 aromatic carbocycles. The highest BCUT2D eigenvalue weighted by Gasteiger charge is 2.43. The van der Waals surface area contributed by atoms with Gasteiger partial charge in [-0.05, 0) is 50.5 Å². The summed E-state index contributed by atoms with van der Waals surface area (Å²) >= 11 is 6.79. The van der Waals surface area contributed by atoms with Crippen LogP contribution >= 0.6 is 11.6 Å². The monoisotopic (exact) mass is 508 g/mol. The number of hydrogen-bond donors (Lipinski definition) is 2. The average Bonchev–Trinajstić information content (AvgIpc) is 2.84. The summed E-state index contributed by atoms with van der Waals surface area (Å²) in [5.74, 6) is 0.209. The van der Waals surface area contributed by atoms with Crippen LogP contribution in [0.25, 0.3) is 0 Å². The van der Waals surface area contributed by atoms with E-state index in [0.29, 0.717) is 28.7 Å². The molecule has 2 fully saturated rings. The summed E-state index contributed by atoms with van der Waals surface area (Å²) in [6.07, 6.45) is 1.76. The molecule has 2 saturated heterocycles. The Morgan fingerprint density at radius 3 is 2.78 bits per heavy atom. The first-order valence-corrected chi connectivity index (χ1v) is 12.1. The van der Waals surface area contributed by atoms with Crippen molar-refractivity contribution in [3.8, 4) is 11.8 Å². The van der Waals surface area contributed by atoms with Gasteiger partial charge in [-0.1, -0.05) is 36.4 Å². The van der Waals surface area contributed by atoms with Crippen molar-refractivity contribution in [1.29, 1.82) is 5.26 Å². The second-order valence-corrected chi connectivity index (χ2v) is 9.70. The summed E-state index contributed by atoms with van der Waals surface area (Å²) in [5.41, 5.74) is 0.686. The van der Waals surface area contributed by atoms with Crippen LogP contribution in [0.1, 0.15) is 54.6 Å². The lowest BCUT2D eigenvalue weighted by Crippen LogP contribution is -2.57. The maximum Gasteiger partial charge on any atom is 0.259 e. The first-order valence-electron chi connectivity index (χ1n) is 11.8. The van der Waals surface area contributed by atoms with Crippen molar-refractivity contribution in [3.63, 3.8) is 0 Å². The fraction of sp³-hybridized carbons (Fsp3) is 0.370. The minimum atomic E-state index is -0.822. The van der Waals surface area contributed by atoms with E-state index in [1.54, 1.807) is 35.2 Å². The molecule has 2 heterocycles. The van der Waals surface area contributed by atoms with Gasteiger partial charge in [-0.25, -0.2) is 0 Å². The minimum absolute atomic E-state index is 0.0334. The number of amides is 2. The Morgan fingerprint density at radius 1 is 1.36 bits per heavy atom. The third-order valence-electron chi connectivity index (χ3n) is 6.73. The zero-order chi connectivity index (χ0) is 26.0. The fourth-order valence-electron chi connectivity index (χ4n) is 5.02. The molecule has 188 valence electrons. The van der Waals surface area contributed by atoms with Crippen molar-refractivity contribution in [1.82, 2.24) is 10.2 Å². The topological polar surface area (TPSA) is 104 Å². The zero-order valence-electron chi connectivity index (χ0n) is 20.6. The largest absolute Gasteiger partial charge is 0.495 e. The van der Waals surface area contributed by atoms with Crippen molar-refractivity contribution in [2.75, 3.05) is 19.0 Å². The number of methoxy groups -OCH3 is 1. The molecule has 0 bridgehead atoms. The van der Waals surface area contributed by atoms with Gasteiger partial charge in [-0.2, -0.15) is 5.26 Å². The molecule has 9 heteroatoms. The number of carbonyl (C=O) groups excluding carboxylic acids is 2. The van der Waals surface area contributed by atoms with Crippen LogP contribution < -0.4 is 15.4 Å². The van der Waals surface area contributed by atoms with Crippen molar-refractivity contribution >= 4 is 29.1 Å². The van der Waals surface area contributed by atoms with Crippen LogP contribution in [0.5, 0.6) is 5.75 Å². The predicted octanol–water partition coefficient (Wildman–Crippen LogP) is 4.55. The third kappa shape index (κ3) is 4.77. The van der Waals surface area contributed by atoms with Crippen LogP contribution in [0.2, 0.25) is 5.02 Å². The van der Waals surface area contributed by atoms with Gasteiger partial charge < -0.3 is 20.1 Å². The number of anilines is 1. The van der Waals surface area contributed by atoms with Crippen LogP contribution in [0, 0.1) is 11.3 Å². The van der Waals surface area contributed by atoms with E-state index in [-0.39, 0.29) is 41.4 Å². The van der Waals surface area contributed by atoms with Gasteiger partial charge in [-0.15, -0.1) is 0 Å². The lowest BCUT2D eigenvalue weighted by Gasteiger charge is -2.46. The Morgan fingerprint density at radius 2 is 2.11 bits per heavy atom. The Kier molecular flexibility index (Phi) is 7.25. The van der Waals surface area contributed by atoms with Gasteiger partial charge in [0.05, 0.1) is 47.0 Å². The second kappa shape index (κ2) is 10.2. The average molecular weight is 509 g/mol. The predicted molar refractivity (Wildman–Crippen MR) is 137 cm³/mol. The van der Waals surface area contributed by atoms with E-state index in [1.807, 2.05) is 26.0 Å². The highest BCUT2D eigenvalue weighted by Crippen LogP contribution is 2.40. The van der Waals surface area contributed by atoms with Crippen molar-refractivity contribution in [2.24, 2.45) is 0 Å². The first kappa shape index (κ1) is 25.5. The van der Waals surface area contributed by atoms with Gasteiger partial charge in [0.2, 0.25) is 5.91 Å². The summed E-state index contributed by atoms with van der Waals surface area (Å²) in [4.78, 5) is 28.1. The number of benzene rings is 2. The first-order chi connectivity index (χ1) is 17.2. The standard InChI is InChI=1S/C27H29ClN4O4/c1-16-13-19(11-12-36-16)32-17(2)31-27(3,14-23(32)33)21-9-6-10-22(24(21)28)30-26(34)20-8-5-7-18(15-29)25(20)35-4/h5-10,16,19,31H,2,11-14H2,1,3-4H3,(H,30,34)/t16-,19-,27+/m1/s1. The Bertz CT molecular complexity index is 1240. The lowest BCUT2D eigenvalue weighted by molar-refractivity contribution is -0.138. The van der Waals surface area contributed by atoms with E-state index in [2.05, 4.69) is 17.2 Å². The second-order valence-electron chi connectivity index (χ2n) is 9.32. The molecule has 0 aromatic heterocycles. The molecule has 3 atom stereocenters. The maximum absolute atomic E-state index is 13.3. The number of nitrogens with one attached hydrogen (secondary N) is 2. The van der Waals surface area contributed by atoms with E-state index in [1.165, 1.54) is 7.11 Å². The van der Waals surface area contributed by atoms with E-state index < -0.39 is 11.4 Å². The Balaban J connectivity index is 1.58. The number of carbonyl (C=O) groups is 2. The van der Waals surface area contributed by atoms with E-state index in [0.717, 1.165) is 12.8 Å². The Hall–Kier alpha value is -3.54.